The fourth-order valence-electron chi connectivity index (χ4n) is 1.35. The van der Waals surface area contributed by atoms with Crippen LogP contribution in [0.1, 0.15) is 5.56 Å². The molecule has 8 heteroatoms. The predicted octanol–water partition coefficient (Wildman–Crippen LogP) is 1.20. The van der Waals surface area contributed by atoms with Crippen molar-refractivity contribution in [2.45, 2.75) is 6.18 Å². The molecule has 0 aliphatic carbocycles. The molecule has 0 atom stereocenters. The molecule has 1 aromatic carbocycles. The van der Waals surface area contributed by atoms with Crippen molar-refractivity contribution >= 4 is 17.3 Å². The number of halogens is 3. The van der Waals surface area contributed by atoms with Crippen LogP contribution >= 0.6 is 0 Å². The van der Waals surface area contributed by atoms with Crippen LogP contribution in [-0.4, -0.2) is 25.7 Å². The number of primary amides is 1. The molecular weight excluding hydrogens is 263 g/mol. The molecule has 0 saturated heterocycles. The van der Waals surface area contributed by atoms with E-state index in [0.717, 1.165) is 6.07 Å². The van der Waals surface area contributed by atoms with Crippen LogP contribution in [0.2, 0.25) is 0 Å². The van der Waals surface area contributed by atoms with Crippen LogP contribution in [-0.2, 0) is 15.7 Å². The van der Waals surface area contributed by atoms with Gasteiger partial charge < -0.3 is 21.5 Å². The number of carbonyl (C=O) groups excluding carboxylic acids is 1. The molecule has 1 amide bonds. The Hall–Kier alpha value is -1.96. The number of carbonyl (C=O) groups is 1. The van der Waals surface area contributed by atoms with Crippen molar-refractivity contribution in [1.29, 1.82) is 0 Å². The first-order chi connectivity index (χ1) is 8.80. The lowest BCUT2D eigenvalue weighted by atomic mass is 10.1. The van der Waals surface area contributed by atoms with E-state index in [0.29, 0.717) is 0 Å². The molecule has 106 valence electrons. The second-order valence-corrected chi connectivity index (χ2v) is 3.75. The van der Waals surface area contributed by atoms with E-state index < -0.39 is 17.6 Å². The van der Waals surface area contributed by atoms with E-state index in [1.165, 1.54) is 12.1 Å². The van der Waals surface area contributed by atoms with Gasteiger partial charge in [0.2, 0.25) is 5.91 Å². The lowest BCUT2D eigenvalue weighted by Crippen LogP contribution is -2.20. The molecule has 5 N–H and O–H groups in total. The highest BCUT2D eigenvalue weighted by Gasteiger charge is 2.33. The standard InChI is InChI=1S/C11H14F3N3O2/c12-11(13,14)8-5-7(1-2-9(8)15)17-3-4-19-6-10(16)18/h1-2,5,17H,3-4,6,15H2,(H2,16,18). The van der Waals surface area contributed by atoms with E-state index >= 15 is 0 Å². The van der Waals surface area contributed by atoms with E-state index in [1.54, 1.807) is 0 Å². The highest BCUT2D eigenvalue weighted by atomic mass is 19.4. The third-order valence-electron chi connectivity index (χ3n) is 2.18. The minimum absolute atomic E-state index is 0.147. The summed E-state index contributed by atoms with van der Waals surface area (Å²) in [4.78, 5) is 10.4. The average molecular weight is 277 g/mol. The number of hydrogen-bond acceptors (Lipinski definition) is 4. The SMILES string of the molecule is NC(=O)COCCNc1ccc(N)c(C(F)(F)F)c1. The maximum absolute atomic E-state index is 12.6. The largest absolute Gasteiger partial charge is 0.418 e. The first kappa shape index (κ1) is 15.1. The van der Waals surface area contributed by atoms with E-state index in [1.807, 2.05) is 0 Å². The Balaban J connectivity index is 2.53. The summed E-state index contributed by atoms with van der Waals surface area (Å²) in [5.41, 5.74) is 9.15. The first-order valence-corrected chi connectivity index (χ1v) is 5.37. The maximum atomic E-state index is 12.6. The van der Waals surface area contributed by atoms with Crippen molar-refractivity contribution in [1.82, 2.24) is 0 Å². The van der Waals surface area contributed by atoms with Crippen LogP contribution in [0.5, 0.6) is 0 Å². The van der Waals surface area contributed by atoms with Gasteiger partial charge in [0.25, 0.3) is 0 Å². The summed E-state index contributed by atoms with van der Waals surface area (Å²) in [7, 11) is 0. The van der Waals surface area contributed by atoms with Crippen molar-refractivity contribution in [3.8, 4) is 0 Å². The number of nitrogens with one attached hydrogen (secondary N) is 1. The summed E-state index contributed by atoms with van der Waals surface area (Å²) < 4.78 is 42.6. The Kier molecular flexibility index (Phi) is 4.99. The fourth-order valence-corrected chi connectivity index (χ4v) is 1.35. The topological polar surface area (TPSA) is 90.4 Å². The van der Waals surface area contributed by atoms with Crippen LogP contribution in [0, 0.1) is 0 Å². The van der Waals surface area contributed by atoms with E-state index in [-0.39, 0.29) is 31.1 Å². The van der Waals surface area contributed by atoms with Crippen molar-refractivity contribution < 1.29 is 22.7 Å². The highest BCUT2D eigenvalue weighted by molar-refractivity contribution is 5.74. The number of benzene rings is 1. The van der Waals surface area contributed by atoms with Gasteiger partial charge in [-0.25, -0.2) is 0 Å². The van der Waals surface area contributed by atoms with Crippen molar-refractivity contribution in [2.24, 2.45) is 5.73 Å². The average Bonchev–Trinajstić information content (AvgIpc) is 2.28. The van der Waals surface area contributed by atoms with E-state index in [2.05, 4.69) is 5.32 Å². The lowest BCUT2D eigenvalue weighted by molar-refractivity contribution is -0.136. The molecule has 0 unspecified atom stereocenters. The molecule has 0 aliphatic heterocycles. The van der Waals surface area contributed by atoms with Crippen molar-refractivity contribution in [2.75, 3.05) is 30.8 Å². The number of hydrogen-bond donors (Lipinski definition) is 3. The van der Waals surface area contributed by atoms with Crippen molar-refractivity contribution in [3.63, 3.8) is 0 Å². The number of nitrogen functional groups attached to an aromatic ring is 1. The van der Waals surface area contributed by atoms with Gasteiger partial charge in [-0.2, -0.15) is 13.2 Å². The first-order valence-electron chi connectivity index (χ1n) is 5.37. The summed E-state index contributed by atoms with van der Waals surface area (Å²) >= 11 is 0. The second-order valence-electron chi connectivity index (χ2n) is 3.75. The smallest absolute Gasteiger partial charge is 0.398 e. The quantitative estimate of drug-likeness (QED) is 0.538. The van der Waals surface area contributed by atoms with E-state index in [4.69, 9.17) is 16.2 Å². The van der Waals surface area contributed by atoms with Crippen LogP contribution < -0.4 is 16.8 Å². The normalized spacial score (nSPS) is 11.3. The molecule has 1 aromatic rings. The fraction of sp³-hybridized carbons (Fsp3) is 0.364. The van der Waals surface area contributed by atoms with Crippen LogP contribution in [0.15, 0.2) is 18.2 Å². The zero-order chi connectivity index (χ0) is 14.5. The Labute approximate surface area is 107 Å². The molecule has 0 fully saturated rings. The summed E-state index contributed by atoms with van der Waals surface area (Å²) in [5.74, 6) is -0.605. The molecule has 0 spiro atoms. The Morgan fingerprint density at radius 2 is 2.05 bits per heavy atom. The summed E-state index contributed by atoms with van der Waals surface area (Å²) in [5, 5.41) is 2.73. The summed E-state index contributed by atoms with van der Waals surface area (Å²) in [6.07, 6.45) is -4.50. The molecule has 0 aromatic heterocycles. The molecule has 0 saturated carbocycles. The molecule has 0 heterocycles. The zero-order valence-corrected chi connectivity index (χ0v) is 9.96. The molecule has 0 aliphatic rings. The number of anilines is 2. The summed E-state index contributed by atoms with van der Waals surface area (Å²) in [6.45, 7) is 0.167. The summed E-state index contributed by atoms with van der Waals surface area (Å²) in [6, 6.07) is 3.53. The molecule has 0 bridgehead atoms. The Bertz CT molecular complexity index is 449. The number of amides is 1. The Morgan fingerprint density at radius 3 is 2.63 bits per heavy atom. The molecule has 19 heavy (non-hydrogen) atoms. The minimum atomic E-state index is -4.50. The number of rotatable bonds is 6. The number of ether oxygens (including phenoxy) is 1. The number of alkyl halides is 3. The zero-order valence-electron chi connectivity index (χ0n) is 9.96. The highest BCUT2D eigenvalue weighted by Crippen LogP contribution is 2.34. The van der Waals surface area contributed by atoms with Gasteiger partial charge in [-0.3, -0.25) is 4.79 Å². The minimum Gasteiger partial charge on any atom is -0.398 e. The van der Waals surface area contributed by atoms with Gasteiger partial charge >= 0.3 is 6.18 Å². The van der Waals surface area contributed by atoms with Gasteiger partial charge in [-0.1, -0.05) is 0 Å². The van der Waals surface area contributed by atoms with Crippen molar-refractivity contribution in [3.05, 3.63) is 23.8 Å². The lowest BCUT2D eigenvalue weighted by Gasteiger charge is -2.13. The van der Waals surface area contributed by atoms with Crippen LogP contribution in [0.25, 0.3) is 0 Å². The van der Waals surface area contributed by atoms with E-state index in [9.17, 15) is 18.0 Å². The van der Waals surface area contributed by atoms with Gasteiger partial charge in [-0.05, 0) is 18.2 Å². The molecule has 0 radical (unpaired) electrons. The molecule has 1 rings (SSSR count). The third-order valence-corrected chi connectivity index (χ3v) is 2.18. The monoisotopic (exact) mass is 277 g/mol. The number of nitrogens with two attached hydrogens (primary N) is 2. The van der Waals surface area contributed by atoms with Gasteiger partial charge in [0.15, 0.2) is 0 Å². The third kappa shape index (κ3) is 5.04. The Morgan fingerprint density at radius 1 is 1.37 bits per heavy atom. The van der Waals surface area contributed by atoms with Gasteiger partial charge in [0, 0.05) is 17.9 Å². The van der Waals surface area contributed by atoms with Gasteiger partial charge in [0.1, 0.15) is 6.61 Å². The molecule has 5 nitrogen and oxygen atoms in total. The second kappa shape index (κ2) is 6.28. The van der Waals surface area contributed by atoms with Crippen LogP contribution in [0.3, 0.4) is 0 Å². The van der Waals surface area contributed by atoms with Gasteiger partial charge in [-0.15, -0.1) is 0 Å². The predicted molar refractivity (Wildman–Crippen MR) is 64.4 cm³/mol. The molecular formula is C11H14F3N3O2. The maximum Gasteiger partial charge on any atom is 0.418 e. The van der Waals surface area contributed by atoms with Gasteiger partial charge in [0.05, 0.1) is 12.2 Å². The van der Waals surface area contributed by atoms with Crippen LogP contribution in [0.4, 0.5) is 24.5 Å².